The lowest BCUT2D eigenvalue weighted by atomic mass is 9.72. The lowest BCUT2D eigenvalue weighted by Gasteiger charge is -2.44. The summed E-state index contributed by atoms with van der Waals surface area (Å²) in [5.74, 6) is 1.04. The average molecular weight is 557 g/mol. The molecule has 1 atom stereocenters. The van der Waals surface area contributed by atoms with Crippen molar-refractivity contribution < 1.29 is 23.8 Å². The van der Waals surface area contributed by atoms with Crippen LogP contribution in [-0.4, -0.2) is 67.7 Å². The van der Waals surface area contributed by atoms with Gasteiger partial charge in [0.2, 0.25) is 0 Å². The highest BCUT2D eigenvalue weighted by Gasteiger charge is 2.36. The highest BCUT2D eigenvalue weighted by atomic mass is 16.5. The number of aromatic nitrogens is 1. The molecule has 41 heavy (non-hydrogen) atoms. The zero-order valence-corrected chi connectivity index (χ0v) is 23.4. The van der Waals surface area contributed by atoms with Crippen molar-refractivity contribution in [1.29, 1.82) is 0 Å². The molecule has 2 amide bonds. The molecular formula is C32H36N4O5. The third-order valence-corrected chi connectivity index (χ3v) is 8.54. The van der Waals surface area contributed by atoms with Crippen LogP contribution in [0.3, 0.4) is 0 Å². The second-order valence-electron chi connectivity index (χ2n) is 11.2. The molecule has 6 rings (SSSR count). The fraction of sp³-hybridized carbons (Fsp3) is 0.406. The van der Waals surface area contributed by atoms with Gasteiger partial charge in [0.1, 0.15) is 35.6 Å². The smallest absolute Gasteiger partial charge is 0.270 e. The molecule has 3 aliphatic heterocycles. The molecule has 214 valence electrons. The van der Waals surface area contributed by atoms with Crippen LogP contribution in [0.15, 0.2) is 66.9 Å². The topological polar surface area (TPSA) is 93.2 Å². The van der Waals surface area contributed by atoms with Crippen LogP contribution in [0.2, 0.25) is 0 Å². The van der Waals surface area contributed by atoms with Gasteiger partial charge >= 0.3 is 0 Å². The van der Waals surface area contributed by atoms with Crippen molar-refractivity contribution in [3.63, 3.8) is 0 Å². The van der Waals surface area contributed by atoms with E-state index in [4.69, 9.17) is 14.2 Å². The number of fused-ring (bicyclic) bond motifs is 1. The van der Waals surface area contributed by atoms with Crippen molar-refractivity contribution in [3.05, 3.63) is 78.1 Å². The van der Waals surface area contributed by atoms with Gasteiger partial charge in [-0.05, 0) is 80.1 Å². The first-order chi connectivity index (χ1) is 20.0. The van der Waals surface area contributed by atoms with Gasteiger partial charge in [0.15, 0.2) is 0 Å². The second kappa shape index (κ2) is 11.9. The van der Waals surface area contributed by atoms with E-state index in [-0.39, 0.29) is 18.2 Å². The van der Waals surface area contributed by atoms with E-state index in [0.717, 1.165) is 38.4 Å². The van der Waals surface area contributed by atoms with Crippen molar-refractivity contribution in [2.75, 3.05) is 44.9 Å². The molecular weight excluding hydrogens is 520 g/mol. The van der Waals surface area contributed by atoms with Gasteiger partial charge < -0.3 is 24.4 Å². The molecule has 1 unspecified atom stereocenters. The van der Waals surface area contributed by atoms with Crippen molar-refractivity contribution in [2.24, 2.45) is 5.41 Å². The zero-order chi connectivity index (χ0) is 28.2. The molecule has 4 heterocycles. The summed E-state index contributed by atoms with van der Waals surface area (Å²) in [6.07, 6.45) is 6.27. The Labute approximate surface area is 240 Å². The quantitative estimate of drug-likeness (QED) is 0.481. The third kappa shape index (κ3) is 6.21. The summed E-state index contributed by atoms with van der Waals surface area (Å²) < 4.78 is 17.4. The number of likely N-dealkylation sites (N-methyl/N-ethyl adjacent to an activating group) is 1. The first-order valence-electron chi connectivity index (χ1n) is 14.3. The van der Waals surface area contributed by atoms with Crippen LogP contribution in [0.4, 0.5) is 5.69 Å². The van der Waals surface area contributed by atoms with E-state index in [1.165, 1.54) is 31.9 Å². The number of hydrogen-bond donors (Lipinski definition) is 1. The molecule has 0 saturated carbocycles. The van der Waals surface area contributed by atoms with Crippen LogP contribution < -0.4 is 19.7 Å². The van der Waals surface area contributed by atoms with E-state index >= 15 is 0 Å². The van der Waals surface area contributed by atoms with Gasteiger partial charge in [-0.2, -0.15) is 0 Å². The van der Waals surface area contributed by atoms with Gasteiger partial charge in [0.05, 0.1) is 5.69 Å². The van der Waals surface area contributed by atoms with Crippen LogP contribution in [0.1, 0.15) is 41.7 Å². The summed E-state index contributed by atoms with van der Waals surface area (Å²) in [6, 6.07) is 17.7. The number of likely N-dealkylation sites (tertiary alicyclic amines) is 1. The van der Waals surface area contributed by atoms with Gasteiger partial charge in [-0.3, -0.25) is 19.5 Å². The number of carbonyl (C=O) groups is 2. The number of ether oxygens (including phenoxy) is 3. The molecule has 9 heteroatoms. The first kappa shape index (κ1) is 27.2. The predicted molar refractivity (Wildman–Crippen MR) is 154 cm³/mol. The maximum Gasteiger partial charge on any atom is 0.270 e. The molecule has 0 aliphatic carbocycles. The molecule has 0 bridgehead atoms. The fourth-order valence-corrected chi connectivity index (χ4v) is 5.95. The number of nitrogens with zero attached hydrogens (tertiary/aromatic N) is 3. The van der Waals surface area contributed by atoms with Crippen molar-refractivity contribution in [1.82, 2.24) is 15.2 Å². The minimum atomic E-state index is -0.860. The van der Waals surface area contributed by atoms with Crippen LogP contribution in [0.25, 0.3) is 0 Å². The lowest BCUT2D eigenvalue weighted by molar-refractivity contribution is -0.120. The molecule has 0 radical (unpaired) electrons. The predicted octanol–water partition coefficient (Wildman–Crippen LogP) is 4.42. The Morgan fingerprint density at radius 2 is 1.80 bits per heavy atom. The number of hydrogen-bond acceptors (Lipinski definition) is 7. The number of pyridine rings is 1. The number of piperidine rings is 1. The van der Waals surface area contributed by atoms with Crippen LogP contribution in [0, 0.1) is 5.41 Å². The molecule has 2 saturated heterocycles. The van der Waals surface area contributed by atoms with Gasteiger partial charge in [-0.25, -0.2) is 0 Å². The molecule has 3 aliphatic rings. The Morgan fingerprint density at radius 1 is 1.02 bits per heavy atom. The Kier molecular flexibility index (Phi) is 7.89. The summed E-state index contributed by atoms with van der Waals surface area (Å²) in [5, 5.41) is 2.80. The van der Waals surface area contributed by atoms with E-state index in [0.29, 0.717) is 28.4 Å². The Morgan fingerprint density at radius 3 is 2.59 bits per heavy atom. The van der Waals surface area contributed by atoms with Crippen LogP contribution in [-0.2, 0) is 16.1 Å². The van der Waals surface area contributed by atoms with Crippen molar-refractivity contribution >= 4 is 17.5 Å². The third-order valence-electron chi connectivity index (χ3n) is 8.54. The number of anilines is 1. The van der Waals surface area contributed by atoms with E-state index in [1.54, 1.807) is 24.1 Å². The summed E-state index contributed by atoms with van der Waals surface area (Å²) >= 11 is 0. The Balaban J connectivity index is 1.08. The summed E-state index contributed by atoms with van der Waals surface area (Å²) in [6.45, 7) is 4.77. The fourth-order valence-electron chi connectivity index (χ4n) is 5.95. The number of para-hydroxylation sites is 1. The minimum absolute atomic E-state index is 0.0272. The number of rotatable bonds is 6. The van der Waals surface area contributed by atoms with Gasteiger partial charge in [-0.15, -0.1) is 0 Å². The van der Waals surface area contributed by atoms with Gasteiger partial charge in [0.25, 0.3) is 11.8 Å². The van der Waals surface area contributed by atoms with Crippen LogP contribution in [0.5, 0.6) is 17.2 Å². The molecule has 1 N–H and O–H groups in total. The Hall–Kier alpha value is -3.95. The van der Waals surface area contributed by atoms with E-state index in [9.17, 15) is 9.59 Å². The highest BCUT2D eigenvalue weighted by molar-refractivity contribution is 6.03. The van der Waals surface area contributed by atoms with E-state index < -0.39 is 11.9 Å². The lowest BCUT2D eigenvalue weighted by Crippen LogP contribution is -2.49. The number of benzene rings is 2. The monoisotopic (exact) mass is 556 g/mol. The minimum Gasteiger partial charge on any atom is -0.489 e. The van der Waals surface area contributed by atoms with E-state index in [2.05, 4.69) is 21.3 Å². The molecule has 2 aromatic carbocycles. The van der Waals surface area contributed by atoms with Crippen LogP contribution >= 0.6 is 0 Å². The number of carbonyl (C=O) groups excluding carboxylic acids is 2. The van der Waals surface area contributed by atoms with Crippen molar-refractivity contribution in [2.45, 2.75) is 38.3 Å². The second-order valence-corrected chi connectivity index (χ2v) is 11.2. The number of amides is 2. The summed E-state index contributed by atoms with van der Waals surface area (Å²) in [5.41, 5.74) is 2.45. The normalized spacial score (nSPS) is 20.6. The average Bonchev–Trinajstić information content (AvgIpc) is 3.11. The Bertz CT molecular complexity index is 1380. The maximum atomic E-state index is 13.4. The first-order valence-corrected chi connectivity index (χ1v) is 14.3. The molecule has 9 nitrogen and oxygen atoms in total. The highest BCUT2D eigenvalue weighted by Crippen LogP contribution is 2.41. The van der Waals surface area contributed by atoms with E-state index in [1.807, 2.05) is 42.5 Å². The summed E-state index contributed by atoms with van der Waals surface area (Å²) in [4.78, 5) is 34.7. The zero-order valence-electron chi connectivity index (χ0n) is 23.4. The molecule has 3 aromatic rings. The summed E-state index contributed by atoms with van der Waals surface area (Å²) in [7, 11) is 1.72. The molecule has 1 spiro atoms. The maximum absolute atomic E-state index is 13.4. The van der Waals surface area contributed by atoms with Gasteiger partial charge in [-0.1, -0.05) is 24.3 Å². The van der Waals surface area contributed by atoms with Gasteiger partial charge in [0, 0.05) is 39.1 Å². The SMILES string of the molecule is CN1C(=O)C(NC(=O)c2cc(Oc3ccccc3)ccn2)COc2ccc(CN3CCC4(CCOCC4)CC3)cc21. The molecule has 1 aromatic heterocycles. The standard InChI is InChI=1S/C32H36N4O5/c1-35-28-19-23(21-36-15-10-32(11-16-36)12-17-39-18-13-32)7-8-29(28)40-22-27(31(35)38)34-30(37)26-20-25(9-14-33-26)41-24-5-3-2-4-6-24/h2-9,14,19-20,27H,10-13,15-18,21-22H2,1H3,(H,34,37). The number of nitrogens with one attached hydrogen (secondary N) is 1. The largest absolute Gasteiger partial charge is 0.489 e. The van der Waals surface area contributed by atoms with Crippen molar-refractivity contribution in [3.8, 4) is 17.2 Å². The molecule has 2 fully saturated rings.